The summed E-state index contributed by atoms with van der Waals surface area (Å²) in [6, 6.07) is 17.1. The fourth-order valence-corrected chi connectivity index (χ4v) is 5.13. The molecule has 2 aromatic carbocycles. The van der Waals surface area contributed by atoms with Crippen molar-refractivity contribution in [3.05, 3.63) is 82.3 Å². The van der Waals surface area contributed by atoms with Gasteiger partial charge in [-0.2, -0.15) is 5.26 Å². The minimum Gasteiger partial charge on any atom is -0.406 e. The van der Waals surface area contributed by atoms with Crippen LogP contribution in [0.1, 0.15) is 23.6 Å². The number of aromatic nitrogens is 1. The number of hydrogen-bond acceptors (Lipinski definition) is 4. The van der Waals surface area contributed by atoms with E-state index < -0.39 is 6.36 Å². The number of alkyl halides is 3. The summed E-state index contributed by atoms with van der Waals surface area (Å²) >= 11 is 0. The summed E-state index contributed by atoms with van der Waals surface area (Å²) in [7, 11) is 0. The van der Waals surface area contributed by atoms with Crippen LogP contribution in [-0.2, 0) is 6.54 Å². The molecule has 3 heterocycles. The maximum atomic E-state index is 13.0. The van der Waals surface area contributed by atoms with Crippen molar-refractivity contribution in [3.8, 4) is 22.9 Å². The molecule has 0 radical (unpaired) electrons. The van der Waals surface area contributed by atoms with Gasteiger partial charge >= 0.3 is 12.4 Å². The van der Waals surface area contributed by atoms with Crippen molar-refractivity contribution in [2.75, 3.05) is 18.4 Å². The lowest BCUT2D eigenvalue weighted by atomic mass is 9.80. The number of anilines is 1. The largest absolute Gasteiger partial charge is 0.573 e. The number of urea groups is 1. The van der Waals surface area contributed by atoms with Gasteiger partial charge in [-0.15, -0.1) is 13.2 Å². The number of ether oxygens (including phenoxy) is 1. The highest BCUT2D eigenvalue weighted by atomic mass is 19.4. The SMILES string of the molecule is N#Cc1cccc(NC(=O)N2CC3CC(C2)c2c(-c4ccc(OC(F)(F)F)cc4)ccc(=O)n2C3)c1. The van der Waals surface area contributed by atoms with E-state index in [2.05, 4.69) is 10.1 Å². The first kappa shape index (κ1) is 23.5. The number of hydrogen-bond donors (Lipinski definition) is 1. The highest BCUT2D eigenvalue weighted by Gasteiger charge is 2.38. The van der Waals surface area contributed by atoms with Gasteiger partial charge in [0, 0.05) is 48.6 Å². The Kier molecular flexibility index (Phi) is 5.92. The Hall–Kier alpha value is -4.26. The number of fused-ring (bicyclic) bond motifs is 4. The normalized spacial score (nSPS) is 18.7. The van der Waals surface area contributed by atoms with Gasteiger partial charge in [0.1, 0.15) is 5.75 Å². The zero-order chi connectivity index (χ0) is 25.4. The van der Waals surface area contributed by atoms with Crippen LogP contribution in [0.3, 0.4) is 0 Å². The number of piperidine rings is 1. The van der Waals surface area contributed by atoms with Gasteiger partial charge in [-0.25, -0.2) is 4.79 Å². The van der Waals surface area contributed by atoms with Gasteiger partial charge in [0.15, 0.2) is 0 Å². The van der Waals surface area contributed by atoms with E-state index in [9.17, 15) is 22.8 Å². The Morgan fingerprint density at radius 3 is 2.56 bits per heavy atom. The maximum absolute atomic E-state index is 13.0. The van der Waals surface area contributed by atoms with Crippen LogP contribution in [0.2, 0.25) is 0 Å². The smallest absolute Gasteiger partial charge is 0.406 e. The molecule has 5 rings (SSSR count). The van der Waals surface area contributed by atoms with Crippen molar-refractivity contribution < 1.29 is 22.7 Å². The molecule has 2 amide bonds. The molecule has 36 heavy (non-hydrogen) atoms. The summed E-state index contributed by atoms with van der Waals surface area (Å²) < 4.78 is 43.3. The first-order valence-corrected chi connectivity index (χ1v) is 11.4. The molecule has 2 bridgehead atoms. The van der Waals surface area contributed by atoms with Crippen LogP contribution in [0.5, 0.6) is 5.75 Å². The van der Waals surface area contributed by atoms with Gasteiger partial charge < -0.3 is 19.5 Å². The number of nitrogens with zero attached hydrogens (tertiary/aromatic N) is 3. The number of halogens is 3. The minimum absolute atomic E-state index is 0.0861. The van der Waals surface area contributed by atoms with Crippen molar-refractivity contribution >= 4 is 11.7 Å². The van der Waals surface area contributed by atoms with E-state index in [-0.39, 0.29) is 29.2 Å². The minimum atomic E-state index is -4.78. The van der Waals surface area contributed by atoms with Gasteiger partial charge in [0.25, 0.3) is 5.56 Å². The lowest BCUT2D eigenvalue weighted by molar-refractivity contribution is -0.274. The average molecular weight is 494 g/mol. The highest BCUT2D eigenvalue weighted by Crippen LogP contribution is 2.40. The third-order valence-corrected chi connectivity index (χ3v) is 6.52. The fourth-order valence-electron chi connectivity index (χ4n) is 5.13. The average Bonchev–Trinajstić information content (AvgIpc) is 2.84. The highest BCUT2D eigenvalue weighted by molar-refractivity contribution is 5.89. The second kappa shape index (κ2) is 9.07. The lowest BCUT2D eigenvalue weighted by Crippen LogP contribution is -2.50. The maximum Gasteiger partial charge on any atom is 0.573 e. The first-order chi connectivity index (χ1) is 17.2. The van der Waals surface area contributed by atoms with Gasteiger partial charge in [0.2, 0.25) is 0 Å². The molecule has 0 saturated carbocycles. The Bertz CT molecular complexity index is 1410. The monoisotopic (exact) mass is 494 g/mol. The molecule has 1 saturated heterocycles. The van der Waals surface area contributed by atoms with Crippen LogP contribution in [-0.4, -0.2) is 34.9 Å². The summed E-state index contributed by atoms with van der Waals surface area (Å²) in [6.45, 7) is 1.31. The standard InChI is InChI=1S/C26H21F3N4O3/c27-26(28,29)36-21-6-4-18(5-7-21)22-8-9-23(34)33-14-17-10-19(24(22)33)15-32(13-17)25(35)31-20-3-1-2-16(11-20)12-30/h1-9,11,17,19H,10,13-15H2,(H,31,35). The van der Waals surface area contributed by atoms with E-state index in [1.165, 1.54) is 30.3 Å². The predicted octanol–water partition coefficient (Wildman–Crippen LogP) is 4.94. The molecule has 7 nitrogen and oxygen atoms in total. The van der Waals surface area contributed by atoms with Crippen molar-refractivity contribution in [1.82, 2.24) is 9.47 Å². The molecule has 1 N–H and O–H groups in total. The van der Waals surface area contributed by atoms with Crippen LogP contribution in [0, 0.1) is 17.2 Å². The number of nitrogens with one attached hydrogen (secondary N) is 1. The van der Waals surface area contributed by atoms with Crippen LogP contribution in [0.4, 0.5) is 23.7 Å². The van der Waals surface area contributed by atoms with E-state index in [1.807, 2.05) is 6.07 Å². The lowest BCUT2D eigenvalue weighted by Gasteiger charge is -2.43. The molecule has 3 aromatic rings. The number of likely N-dealkylation sites (tertiary alicyclic amines) is 1. The van der Waals surface area contributed by atoms with Gasteiger partial charge in [0.05, 0.1) is 11.6 Å². The molecule has 0 spiro atoms. The van der Waals surface area contributed by atoms with Crippen molar-refractivity contribution in [2.24, 2.45) is 5.92 Å². The second-order valence-electron chi connectivity index (χ2n) is 8.98. The molecule has 2 aliphatic heterocycles. The van der Waals surface area contributed by atoms with Crippen molar-refractivity contribution in [3.63, 3.8) is 0 Å². The molecule has 2 unspecified atom stereocenters. The Labute approximate surface area is 204 Å². The van der Waals surface area contributed by atoms with Gasteiger partial charge in [-0.05, 0) is 54.3 Å². The van der Waals surface area contributed by atoms with E-state index in [1.54, 1.807) is 39.8 Å². The summed E-state index contributed by atoms with van der Waals surface area (Å²) in [5.74, 6) is -0.360. The molecule has 2 atom stereocenters. The Balaban J connectivity index is 1.42. The van der Waals surface area contributed by atoms with Crippen LogP contribution < -0.4 is 15.6 Å². The predicted molar refractivity (Wildman–Crippen MR) is 125 cm³/mol. The number of nitriles is 1. The second-order valence-corrected chi connectivity index (χ2v) is 8.98. The third kappa shape index (κ3) is 4.77. The van der Waals surface area contributed by atoms with E-state index in [4.69, 9.17) is 5.26 Å². The molecular weight excluding hydrogens is 473 g/mol. The number of carbonyl (C=O) groups is 1. The molecule has 10 heteroatoms. The number of rotatable bonds is 3. The summed E-state index contributed by atoms with van der Waals surface area (Å²) in [4.78, 5) is 27.5. The molecular formula is C26H21F3N4O3. The van der Waals surface area contributed by atoms with Crippen LogP contribution in [0.15, 0.2) is 65.5 Å². The third-order valence-electron chi connectivity index (χ3n) is 6.52. The fraction of sp³-hybridized carbons (Fsp3) is 0.269. The van der Waals surface area contributed by atoms with Gasteiger partial charge in [-0.3, -0.25) is 4.79 Å². The van der Waals surface area contributed by atoms with E-state index in [0.29, 0.717) is 36.4 Å². The van der Waals surface area contributed by atoms with E-state index >= 15 is 0 Å². The van der Waals surface area contributed by atoms with Crippen molar-refractivity contribution in [2.45, 2.75) is 25.2 Å². The van der Waals surface area contributed by atoms with Gasteiger partial charge in [-0.1, -0.05) is 18.2 Å². The summed E-state index contributed by atoms with van der Waals surface area (Å²) in [5.41, 5.74) is 2.97. The number of carbonyl (C=O) groups excluding carboxylic acids is 1. The topological polar surface area (TPSA) is 87.4 Å². The molecule has 2 aliphatic rings. The van der Waals surface area contributed by atoms with Crippen molar-refractivity contribution in [1.29, 1.82) is 5.26 Å². The molecule has 1 aromatic heterocycles. The summed E-state index contributed by atoms with van der Waals surface area (Å²) in [6.07, 6.45) is -3.99. The van der Waals surface area contributed by atoms with E-state index in [0.717, 1.165) is 17.7 Å². The molecule has 184 valence electrons. The van der Waals surface area contributed by atoms with Crippen LogP contribution in [0.25, 0.3) is 11.1 Å². The molecule has 0 aliphatic carbocycles. The zero-order valence-electron chi connectivity index (χ0n) is 19.0. The number of amides is 2. The van der Waals surface area contributed by atoms with Crippen LogP contribution >= 0.6 is 0 Å². The number of benzene rings is 2. The first-order valence-electron chi connectivity index (χ1n) is 11.4. The Morgan fingerprint density at radius 1 is 1.06 bits per heavy atom. The number of pyridine rings is 1. The Morgan fingerprint density at radius 2 is 1.83 bits per heavy atom. The zero-order valence-corrected chi connectivity index (χ0v) is 19.0. The quantitative estimate of drug-likeness (QED) is 0.559. The summed E-state index contributed by atoms with van der Waals surface area (Å²) in [5, 5.41) is 11.9. The molecule has 1 fully saturated rings.